The normalized spacial score (nSPS) is 16.5. The minimum absolute atomic E-state index is 0.0840. The Balaban J connectivity index is 1.83. The van der Waals surface area contributed by atoms with Gasteiger partial charge in [-0.1, -0.05) is 41.4 Å². The maximum atomic E-state index is 12.3. The van der Waals surface area contributed by atoms with Crippen LogP contribution >= 0.6 is 23.2 Å². The van der Waals surface area contributed by atoms with E-state index in [0.29, 0.717) is 21.2 Å². The highest BCUT2D eigenvalue weighted by molar-refractivity contribution is 6.42. The molecule has 0 saturated carbocycles. The maximum absolute atomic E-state index is 12.3. The zero-order valence-corrected chi connectivity index (χ0v) is 12.3. The van der Waals surface area contributed by atoms with E-state index in [1.807, 2.05) is 6.07 Å². The van der Waals surface area contributed by atoms with Crippen LogP contribution in [0.15, 0.2) is 42.5 Å². The Morgan fingerprint density at radius 1 is 1.10 bits per heavy atom. The lowest BCUT2D eigenvalue weighted by molar-refractivity contribution is 0.0367. The van der Waals surface area contributed by atoms with Gasteiger partial charge in [0.1, 0.15) is 6.10 Å². The molecule has 3 nitrogen and oxygen atoms in total. The maximum Gasteiger partial charge on any atom is 0.339 e. The van der Waals surface area contributed by atoms with Gasteiger partial charge in [0.05, 0.1) is 22.0 Å². The van der Waals surface area contributed by atoms with E-state index in [4.69, 9.17) is 27.9 Å². The van der Waals surface area contributed by atoms with Crippen LogP contribution in [0.1, 0.15) is 38.8 Å². The number of halogens is 2. The van der Waals surface area contributed by atoms with Gasteiger partial charge in [-0.2, -0.15) is 0 Å². The Bertz CT molecular complexity index is 740. The summed E-state index contributed by atoms with van der Waals surface area (Å²) in [6, 6.07) is 11.8. The molecule has 0 spiro atoms. The van der Waals surface area contributed by atoms with Crippen molar-refractivity contribution in [2.75, 3.05) is 0 Å². The minimum Gasteiger partial charge on any atom is -0.453 e. The molecule has 1 aliphatic rings. The van der Waals surface area contributed by atoms with Crippen LogP contribution in [0.4, 0.5) is 0 Å². The number of fused-ring (bicyclic) bond motifs is 1. The van der Waals surface area contributed by atoms with E-state index in [0.717, 1.165) is 5.56 Å². The minimum atomic E-state index is -0.546. The van der Waals surface area contributed by atoms with E-state index in [2.05, 4.69) is 0 Å². The largest absolute Gasteiger partial charge is 0.453 e. The number of cyclic esters (lactones) is 1. The third kappa shape index (κ3) is 2.67. The molecule has 1 unspecified atom stereocenters. The Morgan fingerprint density at radius 2 is 1.86 bits per heavy atom. The molecule has 5 heteroatoms. The van der Waals surface area contributed by atoms with Crippen LogP contribution in [0.3, 0.4) is 0 Å². The number of hydrogen-bond donors (Lipinski definition) is 0. The van der Waals surface area contributed by atoms with E-state index in [9.17, 15) is 9.59 Å². The smallest absolute Gasteiger partial charge is 0.339 e. The highest BCUT2D eigenvalue weighted by atomic mass is 35.5. The van der Waals surface area contributed by atoms with Crippen molar-refractivity contribution >= 4 is 35.0 Å². The summed E-state index contributed by atoms with van der Waals surface area (Å²) in [6.07, 6.45) is -0.462. The lowest BCUT2D eigenvalue weighted by Gasteiger charge is -2.10. The summed E-state index contributed by atoms with van der Waals surface area (Å²) < 4.78 is 5.26. The highest BCUT2D eigenvalue weighted by Gasteiger charge is 2.32. The second-order valence-corrected chi connectivity index (χ2v) is 5.55. The van der Waals surface area contributed by atoms with Gasteiger partial charge in [-0.05, 0) is 24.3 Å². The van der Waals surface area contributed by atoms with Crippen molar-refractivity contribution in [1.82, 2.24) is 0 Å². The van der Waals surface area contributed by atoms with E-state index in [1.165, 1.54) is 6.07 Å². The highest BCUT2D eigenvalue weighted by Crippen LogP contribution is 2.34. The van der Waals surface area contributed by atoms with Crippen molar-refractivity contribution in [2.24, 2.45) is 0 Å². The molecule has 3 rings (SSSR count). The number of hydrogen-bond acceptors (Lipinski definition) is 3. The average molecular weight is 321 g/mol. The second-order valence-electron chi connectivity index (χ2n) is 4.74. The number of ether oxygens (including phenoxy) is 1. The fourth-order valence-electron chi connectivity index (χ4n) is 2.33. The van der Waals surface area contributed by atoms with Crippen molar-refractivity contribution in [3.8, 4) is 0 Å². The zero-order chi connectivity index (χ0) is 15.0. The monoisotopic (exact) mass is 320 g/mol. The molecular weight excluding hydrogens is 311 g/mol. The Labute approximate surface area is 131 Å². The molecule has 2 aromatic rings. The Kier molecular flexibility index (Phi) is 3.70. The molecule has 0 amide bonds. The summed E-state index contributed by atoms with van der Waals surface area (Å²) in [7, 11) is 0. The third-order valence-electron chi connectivity index (χ3n) is 3.39. The number of Topliss-reactive ketones (excluding diaryl/α,β-unsaturated/α-hetero) is 1. The van der Waals surface area contributed by atoms with Crippen LogP contribution in [-0.2, 0) is 4.74 Å². The SMILES string of the molecule is O=C(CC1OC(=O)c2ccccc21)c1ccc(Cl)c(Cl)c1. The molecule has 21 heavy (non-hydrogen) atoms. The predicted molar refractivity (Wildman–Crippen MR) is 80.0 cm³/mol. The molecule has 0 fully saturated rings. The quantitative estimate of drug-likeness (QED) is 0.618. The van der Waals surface area contributed by atoms with Gasteiger partial charge in [0.2, 0.25) is 0 Å². The molecule has 1 atom stereocenters. The second kappa shape index (κ2) is 5.51. The van der Waals surface area contributed by atoms with Gasteiger partial charge in [0.15, 0.2) is 5.78 Å². The van der Waals surface area contributed by atoms with Crippen LogP contribution < -0.4 is 0 Å². The van der Waals surface area contributed by atoms with Gasteiger partial charge in [-0.3, -0.25) is 4.79 Å². The van der Waals surface area contributed by atoms with Crippen LogP contribution in [-0.4, -0.2) is 11.8 Å². The van der Waals surface area contributed by atoms with Gasteiger partial charge in [-0.25, -0.2) is 4.79 Å². The number of benzene rings is 2. The first-order chi connectivity index (χ1) is 10.1. The number of carbonyl (C=O) groups excluding carboxylic acids is 2. The first-order valence-electron chi connectivity index (χ1n) is 6.34. The van der Waals surface area contributed by atoms with E-state index in [-0.39, 0.29) is 12.2 Å². The van der Waals surface area contributed by atoms with Crippen molar-refractivity contribution in [1.29, 1.82) is 0 Å². The van der Waals surface area contributed by atoms with Crippen molar-refractivity contribution in [3.05, 3.63) is 69.2 Å². The average Bonchev–Trinajstić information content (AvgIpc) is 2.79. The van der Waals surface area contributed by atoms with Crippen molar-refractivity contribution in [2.45, 2.75) is 12.5 Å². The molecule has 0 N–H and O–H groups in total. The summed E-state index contributed by atoms with van der Waals surface area (Å²) in [5.41, 5.74) is 1.71. The molecule has 0 saturated heterocycles. The molecule has 0 radical (unpaired) electrons. The molecule has 0 aromatic heterocycles. The van der Waals surface area contributed by atoms with E-state index < -0.39 is 12.1 Å². The molecule has 2 aromatic carbocycles. The summed E-state index contributed by atoms with van der Waals surface area (Å²) in [5.74, 6) is -0.541. The topological polar surface area (TPSA) is 43.4 Å². The molecule has 0 bridgehead atoms. The first kappa shape index (κ1) is 14.1. The van der Waals surface area contributed by atoms with Crippen LogP contribution in [0, 0.1) is 0 Å². The summed E-state index contributed by atoms with van der Waals surface area (Å²) in [4.78, 5) is 24.0. The van der Waals surface area contributed by atoms with Gasteiger partial charge in [0.25, 0.3) is 0 Å². The van der Waals surface area contributed by atoms with E-state index >= 15 is 0 Å². The van der Waals surface area contributed by atoms with E-state index in [1.54, 1.807) is 30.3 Å². The molecule has 106 valence electrons. The predicted octanol–water partition coefficient (Wildman–Crippen LogP) is 4.48. The lowest BCUT2D eigenvalue weighted by Crippen LogP contribution is -2.07. The van der Waals surface area contributed by atoms with Crippen molar-refractivity contribution < 1.29 is 14.3 Å². The van der Waals surface area contributed by atoms with Gasteiger partial charge in [-0.15, -0.1) is 0 Å². The Hall–Kier alpha value is -1.84. The number of rotatable bonds is 3. The molecular formula is C16H10Cl2O3. The standard InChI is InChI=1S/C16H10Cl2O3/c17-12-6-5-9(7-13(12)18)14(19)8-15-10-3-1-2-4-11(10)16(20)21-15/h1-7,15H,8H2. The first-order valence-corrected chi connectivity index (χ1v) is 7.10. The third-order valence-corrected chi connectivity index (χ3v) is 4.13. The number of ketones is 1. The van der Waals surface area contributed by atoms with Gasteiger partial charge in [0, 0.05) is 11.1 Å². The summed E-state index contributed by atoms with van der Waals surface area (Å²) in [6.45, 7) is 0. The van der Waals surface area contributed by atoms with Crippen LogP contribution in [0.25, 0.3) is 0 Å². The molecule has 1 aliphatic heterocycles. The van der Waals surface area contributed by atoms with Gasteiger partial charge >= 0.3 is 5.97 Å². The number of carbonyl (C=O) groups is 2. The van der Waals surface area contributed by atoms with Gasteiger partial charge < -0.3 is 4.74 Å². The fraction of sp³-hybridized carbons (Fsp3) is 0.125. The fourth-order valence-corrected chi connectivity index (χ4v) is 2.63. The summed E-state index contributed by atoms with van der Waals surface area (Å²) in [5, 5.41) is 0.720. The van der Waals surface area contributed by atoms with Crippen LogP contribution in [0.5, 0.6) is 0 Å². The zero-order valence-electron chi connectivity index (χ0n) is 10.8. The van der Waals surface area contributed by atoms with Crippen molar-refractivity contribution in [3.63, 3.8) is 0 Å². The Morgan fingerprint density at radius 3 is 2.62 bits per heavy atom. The summed E-state index contributed by atoms with van der Waals surface area (Å²) >= 11 is 11.7. The number of esters is 1. The molecule has 1 heterocycles. The van der Waals surface area contributed by atoms with Crippen LogP contribution in [0.2, 0.25) is 10.0 Å². The molecule has 0 aliphatic carbocycles. The lowest BCUT2D eigenvalue weighted by atomic mass is 9.98.